The highest BCUT2D eigenvalue weighted by atomic mass is 35.5. The predicted octanol–water partition coefficient (Wildman–Crippen LogP) is 4.84. The van der Waals surface area contributed by atoms with E-state index in [2.05, 4.69) is 4.98 Å². The van der Waals surface area contributed by atoms with Gasteiger partial charge in [-0.2, -0.15) is 0 Å². The fraction of sp³-hybridized carbons (Fsp3) is 0.269. The minimum atomic E-state index is -0.738. The van der Waals surface area contributed by atoms with Crippen LogP contribution in [0.3, 0.4) is 0 Å². The van der Waals surface area contributed by atoms with Gasteiger partial charge in [0.15, 0.2) is 0 Å². The minimum absolute atomic E-state index is 0.0529. The van der Waals surface area contributed by atoms with E-state index in [0.717, 1.165) is 6.42 Å². The van der Waals surface area contributed by atoms with Crippen LogP contribution in [-0.2, 0) is 16.1 Å². The van der Waals surface area contributed by atoms with Gasteiger partial charge in [0.1, 0.15) is 11.5 Å². The molecule has 0 aliphatic carbocycles. The van der Waals surface area contributed by atoms with E-state index in [4.69, 9.17) is 16.3 Å². The minimum Gasteiger partial charge on any atom is -0.507 e. The second-order valence-corrected chi connectivity index (χ2v) is 8.51. The Hall–Kier alpha value is -3.58. The number of aryl methyl sites for hydroxylation is 1. The predicted molar refractivity (Wildman–Crippen MR) is 130 cm³/mol. The van der Waals surface area contributed by atoms with Crippen molar-refractivity contribution < 1.29 is 19.4 Å². The third-order valence-electron chi connectivity index (χ3n) is 5.68. The SMILES string of the molecule is CCCOc1ccc(C(O)=C2C(=O)C(=O)N(CCCn3ccnc3)[C@@H]2c2cccc(Cl)c2)cc1. The quantitative estimate of drug-likeness (QED) is 0.270. The van der Waals surface area contributed by atoms with Gasteiger partial charge in [0.2, 0.25) is 0 Å². The van der Waals surface area contributed by atoms with Gasteiger partial charge in [-0.1, -0.05) is 30.7 Å². The van der Waals surface area contributed by atoms with Crippen LogP contribution in [0.4, 0.5) is 0 Å². The molecule has 7 nitrogen and oxygen atoms in total. The molecule has 1 aliphatic heterocycles. The number of imidazole rings is 1. The number of halogens is 1. The Kier molecular flexibility index (Phi) is 7.33. The lowest BCUT2D eigenvalue weighted by atomic mass is 9.95. The number of aromatic nitrogens is 2. The molecule has 1 N–H and O–H groups in total. The summed E-state index contributed by atoms with van der Waals surface area (Å²) in [4.78, 5) is 31.7. The molecule has 0 radical (unpaired) electrons. The van der Waals surface area contributed by atoms with E-state index in [1.807, 2.05) is 17.7 Å². The molecule has 8 heteroatoms. The lowest BCUT2D eigenvalue weighted by molar-refractivity contribution is -0.139. The number of carbonyl (C=O) groups excluding carboxylic acids is 2. The number of aliphatic hydroxyl groups is 1. The fourth-order valence-corrected chi connectivity index (χ4v) is 4.26. The number of hydrogen-bond acceptors (Lipinski definition) is 5. The maximum atomic E-state index is 13.1. The highest BCUT2D eigenvalue weighted by Gasteiger charge is 2.45. The number of amides is 1. The van der Waals surface area contributed by atoms with Crippen molar-refractivity contribution >= 4 is 29.1 Å². The van der Waals surface area contributed by atoms with Gasteiger partial charge in [0.05, 0.1) is 24.5 Å². The number of ketones is 1. The average molecular weight is 480 g/mol. The van der Waals surface area contributed by atoms with Gasteiger partial charge < -0.3 is 19.3 Å². The van der Waals surface area contributed by atoms with Crippen LogP contribution in [0.5, 0.6) is 5.75 Å². The summed E-state index contributed by atoms with van der Waals surface area (Å²) in [5.74, 6) is -0.899. The molecule has 0 unspecified atom stereocenters. The second-order valence-electron chi connectivity index (χ2n) is 8.07. The highest BCUT2D eigenvalue weighted by molar-refractivity contribution is 6.46. The van der Waals surface area contributed by atoms with E-state index in [9.17, 15) is 14.7 Å². The number of likely N-dealkylation sites (tertiary alicyclic amines) is 1. The molecule has 34 heavy (non-hydrogen) atoms. The Morgan fingerprint density at radius 2 is 1.94 bits per heavy atom. The Labute approximate surface area is 203 Å². The summed E-state index contributed by atoms with van der Waals surface area (Å²) >= 11 is 6.23. The van der Waals surface area contributed by atoms with Crippen molar-refractivity contribution in [2.75, 3.05) is 13.2 Å². The van der Waals surface area contributed by atoms with Crippen LogP contribution in [0.25, 0.3) is 5.76 Å². The van der Waals surface area contributed by atoms with Gasteiger partial charge >= 0.3 is 0 Å². The fourth-order valence-electron chi connectivity index (χ4n) is 4.06. The number of nitrogens with zero attached hydrogens (tertiary/aromatic N) is 3. The van der Waals surface area contributed by atoms with Gasteiger partial charge in [-0.3, -0.25) is 9.59 Å². The third-order valence-corrected chi connectivity index (χ3v) is 5.91. The monoisotopic (exact) mass is 479 g/mol. The summed E-state index contributed by atoms with van der Waals surface area (Å²) in [6.07, 6.45) is 6.74. The molecule has 0 spiro atoms. The molecule has 1 atom stereocenters. The summed E-state index contributed by atoms with van der Waals surface area (Å²) in [6.45, 7) is 3.58. The molecule has 2 aromatic carbocycles. The van der Waals surface area contributed by atoms with Gasteiger partial charge in [0.25, 0.3) is 11.7 Å². The number of rotatable bonds is 9. The summed E-state index contributed by atoms with van der Waals surface area (Å²) in [6, 6.07) is 13.1. The Bertz CT molecular complexity index is 1190. The van der Waals surface area contributed by atoms with Crippen molar-refractivity contribution in [3.05, 3.63) is 89.0 Å². The zero-order valence-electron chi connectivity index (χ0n) is 18.9. The number of carbonyl (C=O) groups is 2. The van der Waals surface area contributed by atoms with Crippen molar-refractivity contribution in [1.82, 2.24) is 14.5 Å². The Morgan fingerprint density at radius 1 is 1.15 bits per heavy atom. The largest absolute Gasteiger partial charge is 0.507 e. The van der Waals surface area contributed by atoms with Gasteiger partial charge in [-0.15, -0.1) is 0 Å². The standard InChI is InChI=1S/C26H26ClN3O4/c1-2-15-34-21-9-7-18(8-10-21)24(31)22-23(19-5-3-6-20(27)16-19)30(26(33)25(22)32)13-4-12-29-14-11-28-17-29/h3,5-11,14,16-17,23,31H,2,4,12-13,15H2,1H3/t23-/m1/s1. The molecule has 1 aliphatic rings. The molecular weight excluding hydrogens is 454 g/mol. The summed E-state index contributed by atoms with van der Waals surface area (Å²) in [7, 11) is 0. The molecule has 0 saturated carbocycles. The van der Waals surface area contributed by atoms with Crippen LogP contribution in [0.2, 0.25) is 5.02 Å². The van der Waals surface area contributed by atoms with Crippen molar-refractivity contribution in [2.45, 2.75) is 32.4 Å². The first-order chi connectivity index (χ1) is 16.5. The van der Waals surface area contributed by atoms with Gasteiger partial charge in [-0.05, 0) is 54.8 Å². The molecule has 3 aromatic rings. The molecule has 1 saturated heterocycles. The van der Waals surface area contributed by atoms with E-state index < -0.39 is 17.7 Å². The van der Waals surface area contributed by atoms with Crippen molar-refractivity contribution in [3.63, 3.8) is 0 Å². The number of Topliss-reactive ketones (excluding diaryl/α,β-unsaturated/α-hetero) is 1. The van der Waals surface area contributed by atoms with Crippen LogP contribution in [0, 0.1) is 0 Å². The van der Waals surface area contributed by atoms with E-state index in [-0.39, 0.29) is 11.3 Å². The summed E-state index contributed by atoms with van der Waals surface area (Å²) in [5.41, 5.74) is 1.16. The van der Waals surface area contributed by atoms with Crippen LogP contribution >= 0.6 is 11.6 Å². The number of aliphatic hydroxyl groups excluding tert-OH is 1. The van der Waals surface area contributed by atoms with Crippen LogP contribution < -0.4 is 4.74 Å². The zero-order chi connectivity index (χ0) is 24.1. The van der Waals surface area contributed by atoms with Gasteiger partial charge in [0, 0.05) is 36.1 Å². The molecule has 176 valence electrons. The summed E-state index contributed by atoms with van der Waals surface area (Å²) in [5, 5.41) is 11.6. The third kappa shape index (κ3) is 4.99. The van der Waals surface area contributed by atoms with Crippen molar-refractivity contribution in [2.24, 2.45) is 0 Å². The highest BCUT2D eigenvalue weighted by Crippen LogP contribution is 2.40. The molecular formula is C26H26ClN3O4. The van der Waals surface area contributed by atoms with E-state index in [1.165, 1.54) is 4.90 Å². The maximum Gasteiger partial charge on any atom is 0.295 e. The van der Waals surface area contributed by atoms with Gasteiger partial charge in [-0.25, -0.2) is 4.98 Å². The lowest BCUT2D eigenvalue weighted by Crippen LogP contribution is -2.31. The number of hydrogen-bond donors (Lipinski definition) is 1. The first-order valence-corrected chi connectivity index (χ1v) is 11.6. The lowest BCUT2D eigenvalue weighted by Gasteiger charge is -2.25. The topological polar surface area (TPSA) is 84.7 Å². The molecule has 0 bridgehead atoms. The molecule has 2 heterocycles. The van der Waals surface area contributed by atoms with E-state index >= 15 is 0 Å². The van der Waals surface area contributed by atoms with Crippen LogP contribution in [-0.4, -0.2) is 44.4 Å². The smallest absolute Gasteiger partial charge is 0.295 e. The van der Waals surface area contributed by atoms with E-state index in [1.54, 1.807) is 61.1 Å². The first kappa shape index (κ1) is 23.6. The number of benzene rings is 2. The number of ether oxygens (including phenoxy) is 1. The van der Waals surface area contributed by atoms with Crippen molar-refractivity contribution in [1.29, 1.82) is 0 Å². The molecule has 4 rings (SSSR count). The first-order valence-electron chi connectivity index (χ1n) is 11.2. The normalized spacial score (nSPS) is 17.4. The van der Waals surface area contributed by atoms with E-state index in [0.29, 0.717) is 48.0 Å². The van der Waals surface area contributed by atoms with Crippen LogP contribution in [0.1, 0.15) is 36.9 Å². The maximum absolute atomic E-state index is 13.1. The molecule has 1 amide bonds. The van der Waals surface area contributed by atoms with Crippen LogP contribution in [0.15, 0.2) is 72.8 Å². The van der Waals surface area contributed by atoms with Crippen molar-refractivity contribution in [3.8, 4) is 5.75 Å². The second kappa shape index (κ2) is 10.6. The Balaban J connectivity index is 1.68. The average Bonchev–Trinajstić information content (AvgIpc) is 3.45. The molecule has 1 fully saturated rings. The Morgan fingerprint density at radius 3 is 2.62 bits per heavy atom. The molecule has 1 aromatic heterocycles. The summed E-state index contributed by atoms with van der Waals surface area (Å²) < 4.78 is 7.51. The zero-order valence-corrected chi connectivity index (χ0v) is 19.6.